The van der Waals surface area contributed by atoms with E-state index < -0.39 is 0 Å². The quantitative estimate of drug-likeness (QED) is 0.881. The first-order chi connectivity index (χ1) is 10.1. The van der Waals surface area contributed by atoms with Gasteiger partial charge in [0.15, 0.2) is 0 Å². The van der Waals surface area contributed by atoms with Crippen LogP contribution in [0.5, 0.6) is 0 Å². The highest BCUT2D eigenvalue weighted by Crippen LogP contribution is 2.20. The Morgan fingerprint density at radius 3 is 2.90 bits per heavy atom. The molecule has 0 saturated heterocycles. The maximum Gasteiger partial charge on any atom is 0.323 e. The van der Waals surface area contributed by atoms with Gasteiger partial charge in [0.2, 0.25) is 5.13 Å². The molecule has 8 heteroatoms. The predicted molar refractivity (Wildman–Crippen MR) is 77.8 cm³/mol. The van der Waals surface area contributed by atoms with E-state index in [1.165, 1.54) is 22.3 Å². The number of amides is 2. The average Bonchev–Trinajstić information content (AvgIpc) is 2.89. The third-order valence-electron chi connectivity index (χ3n) is 2.76. The third-order valence-corrected chi connectivity index (χ3v) is 3.60. The number of hydrogen-bond acceptors (Lipinski definition) is 5. The number of hydrogen-bond donors (Lipinski definition) is 2. The maximum absolute atomic E-state index is 13.5. The Kier molecular flexibility index (Phi) is 5.18. The number of urea groups is 1. The van der Waals surface area contributed by atoms with Crippen LogP contribution in [0.3, 0.4) is 0 Å². The fraction of sp³-hybridized carbons (Fsp3) is 0.308. The second-order valence-corrected chi connectivity index (χ2v) is 5.41. The monoisotopic (exact) mass is 310 g/mol. The van der Waals surface area contributed by atoms with Crippen molar-refractivity contribution in [2.24, 2.45) is 0 Å². The first kappa shape index (κ1) is 15.3. The van der Waals surface area contributed by atoms with E-state index in [0.29, 0.717) is 22.1 Å². The van der Waals surface area contributed by atoms with E-state index >= 15 is 0 Å². The molecule has 1 aromatic heterocycles. The van der Waals surface area contributed by atoms with Gasteiger partial charge in [-0.25, -0.2) is 9.18 Å². The summed E-state index contributed by atoms with van der Waals surface area (Å²) in [4.78, 5) is 13.0. The molecule has 1 aromatic carbocycles. The SMILES string of the molecule is CN(CCO)C(=O)Nc1nnc(Cc2ccccc2F)s1. The van der Waals surface area contributed by atoms with Crippen molar-refractivity contribution in [2.45, 2.75) is 6.42 Å². The lowest BCUT2D eigenvalue weighted by molar-refractivity contribution is 0.202. The van der Waals surface area contributed by atoms with Gasteiger partial charge in [-0.1, -0.05) is 29.5 Å². The molecular formula is C13H15FN4O2S. The van der Waals surface area contributed by atoms with Crippen LogP contribution in [0.1, 0.15) is 10.6 Å². The molecule has 6 nitrogen and oxygen atoms in total. The van der Waals surface area contributed by atoms with Gasteiger partial charge in [-0.05, 0) is 11.6 Å². The summed E-state index contributed by atoms with van der Waals surface area (Å²) < 4.78 is 13.5. The number of likely N-dealkylation sites (N-methyl/N-ethyl adjacent to an activating group) is 1. The zero-order valence-electron chi connectivity index (χ0n) is 11.4. The lowest BCUT2D eigenvalue weighted by Gasteiger charge is -2.14. The number of benzene rings is 1. The number of carbonyl (C=O) groups excluding carboxylic acids is 1. The van der Waals surface area contributed by atoms with Crippen molar-refractivity contribution in [3.05, 3.63) is 40.7 Å². The number of halogens is 1. The molecule has 112 valence electrons. The molecular weight excluding hydrogens is 295 g/mol. The normalized spacial score (nSPS) is 10.4. The first-order valence-corrected chi connectivity index (χ1v) is 7.10. The van der Waals surface area contributed by atoms with E-state index in [9.17, 15) is 9.18 Å². The summed E-state index contributed by atoms with van der Waals surface area (Å²) in [5.41, 5.74) is 0.531. The van der Waals surface area contributed by atoms with Gasteiger partial charge in [-0.15, -0.1) is 10.2 Å². The molecule has 2 aromatic rings. The Balaban J connectivity index is 1.99. The fourth-order valence-electron chi connectivity index (χ4n) is 1.62. The highest BCUT2D eigenvalue weighted by Gasteiger charge is 2.12. The minimum Gasteiger partial charge on any atom is -0.395 e. The van der Waals surface area contributed by atoms with Gasteiger partial charge in [0.25, 0.3) is 0 Å². The van der Waals surface area contributed by atoms with Crippen LogP contribution in [0.15, 0.2) is 24.3 Å². The number of aliphatic hydroxyl groups excluding tert-OH is 1. The standard InChI is InChI=1S/C13H15FN4O2S/c1-18(6-7-19)13(20)15-12-17-16-11(21-12)8-9-4-2-3-5-10(9)14/h2-5,19H,6-8H2,1H3,(H,15,17,20). The van der Waals surface area contributed by atoms with Crippen LogP contribution in [0, 0.1) is 5.82 Å². The van der Waals surface area contributed by atoms with E-state index in [4.69, 9.17) is 5.11 Å². The molecule has 2 N–H and O–H groups in total. The topological polar surface area (TPSA) is 78.4 Å². The predicted octanol–water partition coefficient (Wildman–Crippen LogP) is 1.72. The maximum atomic E-state index is 13.5. The molecule has 0 fully saturated rings. The van der Waals surface area contributed by atoms with Crippen molar-refractivity contribution in [3.8, 4) is 0 Å². The van der Waals surface area contributed by atoms with Crippen molar-refractivity contribution in [3.63, 3.8) is 0 Å². The number of nitrogens with zero attached hydrogens (tertiary/aromatic N) is 3. The van der Waals surface area contributed by atoms with Gasteiger partial charge in [0, 0.05) is 20.0 Å². The number of carbonyl (C=O) groups is 1. The third kappa shape index (κ3) is 4.20. The summed E-state index contributed by atoms with van der Waals surface area (Å²) in [5, 5.41) is 20.1. The Morgan fingerprint density at radius 1 is 1.43 bits per heavy atom. The number of aromatic nitrogens is 2. The van der Waals surface area contributed by atoms with Crippen molar-refractivity contribution in [2.75, 3.05) is 25.5 Å². The van der Waals surface area contributed by atoms with Gasteiger partial charge >= 0.3 is 6.03 Å². The first-order valence-electron chi connectivity index (χ1n) is 6.29. The molecule has 0 spiro atoms. The van der Waals surface area contributed by atoms with E-state index in [-0.39, 0.29) is 25.0 Å². The lowest BCUT2D eigenvalue weighted by Crippen LogP contribution is -2.33. The van der Waals surface area contributed by atoms with Crippen LogP contribution >= 0.6 is 11.3 Å². The van der Waals surface area contributed by atoms with Gasteiger partial charge < -0.3 is 10.0 Å². The average molecular weight is 310 g/mol. The molecule has 2 amide bonds. The van der Waals surface area contributed by atoms with Gasteiger partial charge in [0.1, 0.15) is 10.8 Å². The van der Waals surface area contributed by atoms with Crippen LogP contribution < -0.4 is 5.32 Å². The van der Waals surface area contributed by atoms with Crippen LogP contribution in [-0.4, -0.2) is 46.4 Å². The summed E-state index contributed by atoms with van der Waals surface area (Å²) >= 11 is 1.19. The molecule has 21 heavy (non-hydrogen) atoms. The van der Waals surface area contributed by atoms with Crippen molar-refractivity contribution in [1.29, 1.82) is 0 Å². The molecule has 1 heterocycles. The zero-order chi connectivity index (χ0) is 15.2. The summed E-state index contributed by atoms with van der Waals surface area (Å²) in [6.07, 6.45) is 0.326. The minimum atomic E-state index is -0.377. The van der Waals surface area contributed by atoms with Crippen LogP contribution in [-0.2, 0) is 6.42 Å². The van der Waals surface area contributed by atoms with Crippen LogP contribution in [0.4, 0.5) is 14.3 Å². The van der Waals surface area contributed by atoms with Gasteiger partial charge in [-0.3, -0.25) is 5.32 Å². The summed E-state index contributed by atoms with van der Waals surface area (Å²) in [6, 6.07) is 6.08. The van der Waals surface area contributed by atoms with Crippen molar-refractivity contribution >= 4 is 22.5 Å². The highest BCUT2D eigenvalue weighted by atomic mass is 32.1. The lowest BCUT2D eigenvalue weighted by atomic mass is 10.1. The molecule has 0 unspecified atom stereocenters. The molecule has 0 atom stereocenters. The molecule has 2 rings (SSSR count). The summed E-state index contributed by atoms with van der Waals surface area (Å²) in [5.74, 6) is -0.291. The van der Waals surface area contributed by atoms with Crippen molar-refractivity contribution < 1.29 is 14.3 Å². The van der Waals surface area contributed by atoms with Gasteiger partial charge in [0.05, 0.1) is 6.61 Å². The van der Waals surface area contributed by atoms with E-state index in [2.05, 4.69) is 15.5 Å². The Labute approximate surface area is 125 Å². The molecule has 0 radical (unpaired) electrons. The molecule has 0 saturated carbocycles. The Morgan fingerprint density at radius 2 is 2.19 bits per heavy atom. The summed E-state index contributed by atoms with van der Waals surface area (Å²) in [6.45, 7) is 0.116. The number of nitrogens with one attached hydrogen (secondary N) is 1. The molecule has 0 bridgehead atoms. The smallest absolute Gasteiger partial charge is 0.323 e. The number of anilines is 1. The molecule has 0 aliphatic heterocycles. The molecule has 0 aliphatic rings. The number of aliphatic hydroxyl groups is 1. The zero-order valence-corrected chi connectivity index (χ0v) is 12.2. The van der Waals surface area contributed by atoms with Crippen LogP contribution in [0.25, 0.3) is 0 Å². The second-order valence-electron chi connectivity index (χ2n) is 4.34. The number of rotatable bonds is 5. The fourth-order valence-corrected chi connectivity index (χ4v) is 2.37. The van der Waals surface area contributed by atoms with E-state index in [1.807, 2.05) is 0 Å². The van der Waals surface area contributed by atoms with Gasteiger partial charge in [-0.2, -0.15) is 0 Å². The van der Waals surface area contributed by atoms with E-state index in [0.717, 1.165) is 0 Å². The highest BCUT2D eigenvalue weighted by molar-refractivity contribution is 7.15. The largest absolute Gasteiger partial charge is 0.395 e. The molecule has 0 aliphatic carbocycles. The van der Waals surface area contributed by atoms with Crippen LogP contribution in [0.2, 0.25) is 0 Å². The summed E-state index contributed by atoms with van der Waals surface area (Å²) in [7, 11) is 1.56. The Bertz CT molecular complexity index is 620. The van der Waals surface area contributed by atoms with Crippen molar-refractivity contribution in [1.82, 2.24) is 15.1 Å². The Hall–Kier alpha value is -2.06. The second kappa shape index (κ2) is 7.09. The van der Waals surface area contributed by atoms with E-state index in [1.54, 1.807) is 25.2 Å². The minimum absolute atomic E-state index is 0.113.